The molecule has 0 bridgehead atoms. The van der Waals surface area contributed by atoms with Gasteiger partial charge in [-0.2, -0.15) is 0 Å². The number of carbonyl (C=O) groups excluding carboxylic acids is 2. The van der Waals surface area contributed by atoms with Gasteiger partial charge in [0.25, 0.3) is 10.0 Å². The van der Waals surface area contributed by atoms with Crippen molar-refractivity contribution in [1.82, 2.24) is 10.2 Å². The van der Waals surface area contributed by atoms with E-state index in [1.807, 2.05) is 6.92 Å². The van der Waals surface area contributed by atoms with Crippen molar-refractivity contribution in [2.24, 2.45) is 0 Å². The van der Waals surface area contributed by atoms with Crippen LogP contribution in [0.5, 0.6) is 0 Å². The lowest BCUT2D eigenvalue weighted by molar-refractivity contribution is -0.140. The summed E-state index contributed by atoms with van der Waals surface area (Å²) in [7, 11) is -4.23. The Kier molecular flexibility index (Phi) is 11.7. The lowest BCUT2D eigenvalue weighted by Crippen LogP contribution is -2.52. The van der Waals surface area contributed by atoms with E-state index in [1.54, 1.807) is 49.4 Å². The number of nitrogens with zero attached hydrogens (tertiary/aromatic N) is 2. The van der Waals surface area contributed by atoms with Gasteiger partial charge in [0.15, 0.2) is 0 Å². The lowest BCUT2D eigenvalue weighted by Gasteiger charge is -2.33. The summed E-state index contributed by atoms with van der Waals surface area (Å²) in [6, 6.07) is 18.1. The van der Waals surface area contributed by atoms with Crippen molar-refractivity contribution in [2.75, 3.05) is 17.4 Å². The van der Waals surface area contributed by atoms with Gasteiger partial charge in [-0.1, -0.05) is 79.3 Å². The average molecular weight is 625 g/mol. The Labute approximate surface area is 251 Å². The third-order valence-electron chi connectivity index (χ3n) is 6.29. The van der Waals surface area contributed by atoms with Gasteiger partial charge in [0.05, 0.1) is 10.6 Å². The second-order valence-corrected chi connectivity index (χ2v) is 12.3. The first kappa shape index (κ1) is 31.7. The second-order valence-electron chi connectivity index (χ2n) is 9.13. The minimum Gasteiger partial charge on any atom is -0.354 e. The van der Waals surface area contributed by atoms with Crippen LogP contribution < -0.4 is 9.62 Å². The van der Waals surface area contributed by atoms with Gasteiger partial charge in [-0.05, 0) is 66.9 Å². The fraction of sp³-hybridized carbons (Fsp3) is 0.310. The molecule has 0 radical (unpaired) electrons. The fourth-order valence-corrected chi connectivity index (χ4v) is 6.04. The van der Waals surface area contributed by atoms with Crippen LogP contribution in [0, 0.1) is 0 Å². The number of hydrogen-bond donors (Lipinski definition) is 1. The molecule has 3 aromatic carbocycles. The molecule has 1 N–H and O–H groups in total. The van der Waals surface area contributed by atoms with Gasteiger partial charge in [0.1, 0.15) is 12.6 Å². The summed E-state index contributed by atoms with van der Waals surface area (Å²) in [6.45, 7) is 3.73. The largest absolute Gasteiger partial charge is 0.354 e. The van der Waals surface area contributed by atoms with Gasteiger partial charge in [-0.3, -0.25) is 13.9 Å². The van der Waals surface area contributed by atoms with Gasteiger partial charge in [-0.25, -0.2) is 8.42 Å². The van der Waals surface area contributed by atoms with E-state index in [0.717, 1.165) is 17.1 Å². The molecule has 3 aromatic rings. The molecule has 11 heteroatoms. The zero-order chi connectivity index (χ0) is 29.3. The summed E-state index contributed by atoms with van der Waals surface area (Å²) in [5.74, 6) is -0.888. The van der Waals surface area contributed by atoms with Crippen LogP contribution in [0.3, 0.4) is 0 Å². The topological polar surface area (TPSA) is 86.8 Å². The molecule has 214 valence electrons. The molecule has 0 aromatic heterocycles. The predicted octanol–water partition coefficient (Wildman–Crippen LogP) is 6.57. The molecule has 1 atom stereocenters. The summed E-state index contributed by atoms with van der Waals surface area (Å²) in [4.78, 5) is 28.6. The molecule has 0 fully saturated rings. The minimum absolute atomic E-state index is 0.0165. The van der Waals surface area contributed by atoms with Crippen LogP contribution in [0.25, 0.3) is 0 Å². The lowest BCUT2D eigenvalue weighted by atomic mass is 10.1. The number of unbranched alkanes of at least 4 members (excludes halogenated alkanes) is 1. The van der Waals surface area contributed by atoms with E-state index < -0.39 is 28.5 Å². The standard InChI is InChI=1S/C29H32Cl3N3O4S/c1-3-5-17-33-29(37)27(4-2)34(19-21-9-6-7-12-26(21)32)28(36)20-35(24-11-8-10-23(31)18-24)40(38,39)25-15-13-22(30)14-16-25/h6-16,18,27H,3-5,17,19-20H2,1-2H3,(H,33,37)/t27-/m1/s1. The molecule has 7 nitrogen and oxygen atoms in total. The molecule has 0 saturated carbocycles. The molecule has 0 unspecified atom stereocenters. The monoisotopic (exact) mass is 623 g/mol. The van der Waals surface area contributed by atoms with Crippen molar-refractivity contribution >= 4 is 62.3 Å². The van der Waals surface area contributed by atoms with Gasteiger partial charge in [0.2, 0.25) is 11.8 Å². The first-order valence-corrected chi connectivity index (χ1v) is 15.5. The average Bonchev–Trinajstić information content (AvgIpc) is 2.92. The smallest absolute Gasteiger partial charge is 0.264 e. The van der Waals surface area contributed by atoms with E-state index in [9.17, 15) is 18.0 Å². The highest BCUT2D eigenvalue weighted by atomic mass is 35.5. The van der Waals surface area contributed by atoms with Crippen LogP contribution in [-0.2, 0) is 26.2 Å². The number of halogens is 3. The van der Waals surface area contributed by atoms with Gasteiger partial charge in [0, 0.05) is 28.2 Å². The Morgan fingerprint density at radius 3 is 2.23 bits per heavy atom. The Balaban J connectivity index is 2.05. The van der Waals surface area contributed by atoms with Crippen molar-refractivity contribution in [1.29, 1.82) is 0 Å². The number of rotatable bonds is 13. The zero-order valence-corrected chi connectivity index (χ0v) is 25.4. The molecule has 0 spiro atoms. The SMILES string of the molecule is CCCCNC(=O)[C@@H](CC)N(Cc1ccccc1Cl)C(=O)CN(c1cccc(Cl)c1)S(=O)(=O)c1ccc(Cl)cc1. The highest BCUT2D eigenvalue weighted by Crippen LogP contribution is 2.28. The van der Waals surface area contributed by atoms with Crippen molar-refractivity contribution in [3.63, 3.8) is 0 Å². The Morgan fingerprint density at radius 2 is 1.60 bits per heavy atom. The van der Waals surface area contributed by atoms with Crippen LogP contribution in [0.4, 0.5) is 5.69 Å². The quantitative estimate of drug-likeness (QED) is 0.218. The van der Waals surface area contributed by atoms with Gasteiger partial charge < -0.3 is 10.2 Å². The molecular formula is C29H32Cl3N3O4S. The highest BCUT2D eigenvalue weighted by Gasteiger charge is 2.34. The molecule has 0 saturated heterocycles. The van der Waals surface area contributed by atoms with Crippen molar-refractivity contribution < 1.29 is 18.0 Å². The molecule has 0 aliphatic carbocycles. The van der Waals surface area contributed by atoms with E-state index in [2.05, 4.69) is 5.32 Å². The third kappa shape index (κ3) is 8.13. The van der Waals surface area contributed by atoms with Crippen LogP contribution in [0.2, 0.25) is 15.1 Å². The van der Waals surface area contributed by atoms with E-state index in [-0.39, 0.29) is 23.0 Å². The number of carbonyl (C=O) groups is 2. The normalized spacial score (nSPS) is 12.0. The molecule has 40 heavy (non-hydrogen) atoms. The molecule has 0 heterocycles. The number of sulfonamides is 1. The van der Waals surface area contributed by atoms with E-state index >= 15 is 0 Å². The first-order valence-electron chi connectivity index (χ1n) is 12.9. The summed E-state index contributed by atoms with van der Waals surface area (Å²) in [6.07, 6.45) is 2.01. The minimum atomic E-state index is -4.23. The fourth-order valence-electron chi connectivity index (χ4n) is 4.13. The van der Waals surface area contributed by atoms with Crippen LogP contribution in [0.15, 0.2) is 77.7 Å². The number of benzene rings is 3. The molecule has 3 rings (SSSR count). The van der Waals surface area contributed by atoms with Crippen LogP contribution >= 0.6 is 34.8 Å². The molecular weight excluding hydrogens is 593 g/mol. The van der Waals surface area contributed by atoms with Crippen LogP contribution in [0.1, 0.15) is 38.7 Å². The Morgan fingerprint density at radius 1 is 0.900 bits per heavy atom. The van der Waals surface area contributed by atoms with E-state index in [1.165, 1.54) is 35.2 Å². The van der Waals surface area contributed by atoms with Crippen LogP contribution in [-0.4, -0.2) is 44.3 Å². The van der Waals surface area contributed by atoms with Gasteiger partial charge in [-0.15, -0.1) is 0 Å². The highest BCUT2D eigenvalue weighted by molar-refractivity contribution is 7.92. The Bertz CT molecular complexity index is 1420. The maximum atomic E-state index is 14.0. The number of hydrogen-bond acceptors (Lipinski definition) is 4. The summed E-state index contributed by atoms with van der Waals surface area (Å²) in [5.41, 5.74) is 0.834. The summed E-state index contributed by atoms with van der Waals surface area (Å²) >= 11 is 18.6. The molecule has 2 amide bonds. The Hall–Kier alpha value is -2.78. The summed E-state index contributed by atoms with van der Waals surface area (Å²) in [5, 5.41) is 4.00. The van der Waals surface area contributed by atoms with E-state index in [4.69, 9.17) is 34.8 Å². The second kappa shape index (κ2) is 14.7. The third-order valence-corrected chi connectivity index (χ3v) is 8.93. The van der Waals surface area contributed by atoms with Gasteiger partial charge >= 0.3 is 0 Å². The van der Waals surface area contributed by atoms with Crippen molar-refractivity contribution in [3.05, 3.63) is 93.4 Å². The number of anilines is 1. The molecule has 0 aliphatic rings. The maximum Gasteiger partial charge on any atom is 0.264 e. The van der Waals surface area contributed by atoms with E-state index in [0.29, 0.717) is 33.6 Å². The number of nitrogens with one attached hydrogen (secondary N) is 1. The first-order chi connectivity index (χ1) is 19.1. The number of amides is 2. The summed E-state index contributed by atoms with van der Waals surface area (Å²) < 4.78 is 28.7. The zero-order valence-electron chi connectivity index (χ0n) is 22.3. The maximum absolute atomic E-state index is 14.0. The van der Waals surface area contributed by atoms with Crippen molar-refractivity contribution in [3.8, 4) is 0 Å². The molecule has 0 aliphatic heterocycles. The predicted molar refractivity (Wildman–Crippen MR) is 161 cm³/mol. The van der Waals surface area contributed by atoms with Crippen molar-refractivity contribution in [2.45, 2.75) is 50.6 Å².